The highest BCUT2D eigenvalue weighted by Crippen LogP contribution is 2.38. The van der Waals surface area contributed by atoms with Crippen LogP contribution in [-0.4, -0.2) is 13.4 Å². The van der Waals surface area contributed by atoms with Gasteiger partial charge in [-0.25, -0.2) is 0 Å². The fourth-order valence-corrected chi connectivity index (χ4v) is 3.54. The Morgan fingerprint density at radius 2 is 1.42 bits per heavy atom. The molecule has 5 aromatic rings. The van der Waals surface area contributed by atoms with Crippen LogP contribution < -0.4 is 0 Å². The van der Waals surface area contributed by atoms with Crippen molar-refractivity contribution in [2.75, 3.05) is 7.11 Å². The maximum absolute atomic E-state index is 6.12. The molecule has 0 unspecified atom stereocenters. The zero-order valence-electron chi connectivity index (χ0n) is 13.2. The number of rotatable bonds is 1. The molecule has 0 bridgehead atoms. The summed E-state index contributed by atoms with van der Waals surface area (Å²) in [6.45, 7) is 0. The molecule has 0 spiro atoms. The van der Waals surface area contributed by atoms with Crippen LogP contribution in [0.2, 0.25) is 0 Å². The molecule has 1 heterocycles. The average molecular weight is 310 g/mol. The second-order valence-corrected chi connectivity index (χ2v) is 5.94. The maximum Gasteiger partial charge on any atom is 0.290 e. The van der Waals surface area contributed by atoms with Crippen molar-refractivity contribution in [3.8, 4) is 0 Å². The summed E-state index contributed by atoms with van der Waals surface area (Å²) in [5.41, 5.74) is 2.75. The molecule has 0 aliphatic carbocycles. The van der Waals surface area contributed by atoms with Gasteiger partial charge in [-0.05, 0) is 28.3 Å². The lowest BCUT2D eigenvalue weighted by Crippen LogP contribution is -1.84. The minimum absolute atomic E-state index is 0.906. The van der Waals surface area contributed by atoms with E-state index in [1.165, 1.54) is 21.5 Å². The van der Waals surface area contributed by atoms with Crippen molar-refractivity contribution in [1.82, 2.24) is 0 Å². The predicted octanol–water partition coefficient (Wildman–Crippen LogP) is 5.52. The Hall–Kier alpha value is -3.13. The van der Waals surface area contributed by atoms with Crippen molar-refractivity contribution in [3.05, 3.63) is 72.3 Å². The van der Waals surface area contributed by atoms with E-state index in [1.54, 1.807) is 7.11 Å². The molecule has 0 radical (unpaired) electrons. The SMILES string of the molecule is C[O+]=[C-]c1ccc2ccc3oc4ccc5ccccc5c4c3c2c1. The number of fused-ring (bicyclic) bond motifs is 7. The molecule has 0 aliphatic rings. The minimum atomic E-state index is 0.906. The Balaban J connectivity index is 2.06. The van der Waals surface area contributed by atoms with Crippen LogP contribution >= 0.6 is 0 Å². The lowest BCUT2D eigenvalue weighted by Gasteiger charge is -2.06. The minimum Gasteiger partial charge on any atom is -0.456 e. The summed E-state index contributed by atoms with van der Waals surface area (Å²) >= 11 is 0. The molecule has 0 fully saturated rings. The van der Waals surface area contributed by atoms with Gasteiger partial charge in [0.15, 0.2) is 0 Å². The molecular formula is C22H14O2. The molecule has 24 heavy (non-hydrogen) atoms. The Labute approximate surface area is 138 Å². The first-order chi connectivity index (χ1) is 11.8. The van der Waals surface area contributed by atoms with Crippen molar-refractivity contribution < 1.29 is 8.84 Å². The van der Waals surface area contributed by atoms with Crippen LogP contribution in [0.5, 0.6) is 0 Å². The molecule has 4 aromatic carbocycles. The fourth-order valence-electron chi connectivity index (χ4n) is 3.54. The first-order valence-corrected chi connectivity index (χ1v) is 7.91. The number of carbonyl (C=O) groups excluding carboxylic acids is 1. The average Bonchev–Trinajstić information content (AvgIpc) is 3.01. The highest BCUT2D eigenvalue weighted by atomic mass is 16.4. The lowest BCUT2D eigenvalue weighted by atomic mass is 9.98. The third-order valence-electron chi connectivity index (χ3n) is 4.56. The van der Waals surface area contributed by atoms with E-state index >= 15 is 0 Å². The van der Waals surface area contributed by atoms with E-state index in [2.05, 4.69) is 66.9 Å². The summed E-state index contributed by atoms with van der Waals surface area (Å²) < 4.78 is 11.2. The molecule has 0 amide bonds. The van der Waals surface area contributed by atoms with Crippen molar-refractivity contribution in [1.29, 1.82) is 0 Å². The van der Waals surface area contributed by atoms with Gasteiger partial charge in [0, 0.05) is 10.8 Å². The van der Waals surface area contributed by atoms with E-state index in [-0.39, 0.29) is 0 Å². The van der Waals surface area contributed by atoms with E-state index in [0.717, 1.165) is 27.5 Å². The molecule has 2 heteroatoms. The van der Waals surface area contributed by atoms with Crippen LogP contribution in [0.15, 0.2) is 71.1 Å². The van der Waals surface area contributed by atoms with Crippen molar-refractivity contribution in [3.63, 3.8) is 0 Å². The second kappa shape index (κ2) is 4.93. The van der Waals surface area contributed by atoms with Gasteiger partial charge < -0.3 is 8.84 Å². The maximum atomic E-state index is 6.12. The van der Waals surface area contributed by atoms with Crippen molar-refractivity contribution in [2.45, 2.75) is 0 Å². The zero-order valence-corrected chi connectivity index (χ0v) is 13.2. The molecule has 0 atom stereocenters. The normalized spacial score (nSPS) is 12.2. The monoisotopic (exact) mass is 310 g/mol. The van der Waals surface area contributed by atoms with E-state index < -0.39 is 0 Å². The van der Waals surface area contributed by atoms with Gasteiger partial charge in [-0.15, -0.1) is 12.1 Å². The first-order valence-electron chi connectivity index (χ1n) is 7.91. The Bertz CT molecular complexity index is 1260. The topological polar surface area (TPSA) is 24.4 Å². The molecule has 0 aliphatic heterocycles. The summed E-state index contributed by atoms with van der Waals surface area (Å²) in [4.78, 5) is 0. The quantitative estimate of drug-likeness (QED) is 0.296. The number of benzene rings is 4. The molecular weight excluding hydrogens is 296 g/mol. The summed E-state index contributed by atoms with van der Waals surface area (Å²) in [5.74, 6) is 0. The van der Waals surface area contributed by atoms with Gasteiger partial charge >= 0.3 is 0 Å². The molecule has 114 valence electrons. The Morgan fingerprint density at radius 1 is 0.750 bits per heavy atom. The van der Waals surface area contributed by atoms with Gasteiger partial charge in [0.2, 0.25) is 7.11 Å². The van der Waals surface area contributed by atoms with Crippen molar-refractivity contribution in [2.24, 2.45) is 0 Å². The largest absolute Gasteiger partial charge is 0.456 e. The molecule has 0 N–H and O–H groups in total. The molecule has 5 rings (SSSR count). The van der Waals surface area contributed by atoms with Crippen LogP contribution in [0.3, 0.4) is 0 Å². The third-order valence-corrected chi connectivity index (χ3v) is 4.56. The third kappa shape index (κ3) is 1.80. The van der Waals surface area contributed by atoms with Gasteiger partial charge in [0.05, 0.1) is 0 Å². The Kier molecular flexibility index (Phi) is 2.74. The van der Waals surface area contributed by atoms with Crippen LogP contribution in [0, 0.1) is 0 Å². The second-order valence-electron chi connectivity index (χ2n) is 5.94. The predicted molar refractivity (Wildman–Crippen MR) is 99.5 cm³/mol. The van der Waals surface area contributed by atoms with E-state index in [1.807, 2.05) is 6.07 Å². The Morgan fingerprint density at radius 3 is 2.21 bits per heavy atom. The number of hydrogen-bond donors (Lipinski definition) is 0. The van der Waals surface area contributed by atoms with Crippen molar-refractivity contribution >= 4 is 49.8 Å². The summed E-state index contributed by atoms with van der Waals surface area (Å²) in [6.07, 6.45) is 2.91. The van der Waals surface area contributed by atoms with Crippen LogP contribution in [-0.2, 0) is 4.42 Å². The standard InChI is InChI=1S/C22H14O2/c1-23-13-14-6-7-16-9-11-20-22(18(16)12-14)21-17-5-3-2-4-15(17)8-10-19(21)24-20/h2-12H,1H3. The lowest BCUT2D eigenvalue weighted by molar-refractivity contribution is 0.185. The summed E-state index contributed by atoms with van der Waals surface area (Å²) in [5, 5.41) is 7.09. The number of hydrogen-bond acceptors (Lipinski definition) is 1. The van der Waals surface area contributed by atoms with E-state index in [9.17, 15) is 0 Å². The zero-order chi connectivity index (χ0) is 16.1. The van der Waals surface area contributed by atoms with Crippen LogP contribution in [0.25, 0.3) is 43.5 Å². The van der Waals surface area contributed by atoms with Gasteiger partial charge in [-0.3, -0.25) is 0 Å². The van der Waals surface area contributed by atoms with Gasteiger partial charge in [-0.2, -0.15) is 6.07 Å². The van der Waals surface area contributed by atoms with Gasteiger partial charge in [0.1, 0.15) is 11.2 Å². The molecule has 2 nitrogen and oxygen atoms in total. The summed E-state index contributed by atoms with van der Waals surface area (Å²) in [7, 11) is 1.62. The molecule has 1 aromatic heterocycles. The smallest absolute Gasteiger partial charge is 0.290 e. The van der Waals surface area contributed by atoms with Crippen LogP contribution in [0.1, 0.15) is 5.56 Å². The van der Waals surface area contributed by atoms with Gasteiger partial charge in [-0.1, -0.05) is 47.3 Å². The molecule has 0 saturated heterocycles. The van der Waals surface area contributed by atoms with E-state index in [4.69, 9.17) is 8.84 Å². The van der Waals surface area contributed by atoms with Gasteiger partial charge in [0.25, 0.3) is 6.29 Å². The molecule has 0 saturated carbocycles. The fraction of sp³-hybridized carbons (Fsp3) is 0.0455. The highest BCUT2D eigenvalue weighted by Gasteiger charge is 2.12. The summed E-state index contributed by atoms with van der Waals surface area (Å²) in [6, 6.07) is 23.0. The van der Waals surface area contributed by atoms with Crippen LogP contribution in [0.4, 0.5) is 0 Å². The van der Waals surface area contributed by atoms with E-state index in [0.29, 0.717) is 0 Å². The number of furan rings is 1. The highest BCUT2D eigenvalue weighted by molar-refractivity contribution is 6.26. The first kappa shape index (κ1) is 13.3.